The van der Waals surface area contributed by atoms with E-state index in [0.717, 1.165) is 5.56 Å². The Labute approximate surface area is 133 Å². The highest BCUT2D eigenvalue weighted by molar-refractivity contribution is 5.99. The monoisotopic (exact) mass is 309 g/mol. The van der Waals surface area contributed by atoms with Gasteiger partial charge in [-0.05, 0) is 29.8 Å². The molecule has 0 radical (unpaired) electrons. The van der Waals surface area contributed by atoms with Crippen LogP contribution in [0.1, 0.15) is 34.8 Å². The molecule has 1 aromatic heterocycles. The molecule has 0 aliphatic rings. The molecule has 5 heteroatoms. The van der Waals surface area contributed by atoms with Crippen LogP contribution < -0.4 is 0 Å². The van der Waals surface area contributed by atoms with E-state index in [0.29, 0.717) is 5.56 Å². The molecule has 0 spiro atoms. The van der Waals surface area contributed by atoms with Gasteiger partial charge in [-0.3, -0.25) is 4.79 Å². The number of ketones is 1. The van der Waals surface area contributed by atoms with Gasteiger partial charge in [0.05, 0.1) is 0 Å². The number of rotatable bonds is 5. The Morgan fingerprint density at radius 2 is 1.78 bits per heavy atom. The molecule has 0 aliphatic carbocycles. The molecule has 1 heterocycles. The fourth-order valence-corrected chi connectivity index (χ4v) is 2.66. The number of Topliss-reactive ketones (excluding diaryl/α,β-unsaturated/α-hetero) is 1. The number of carbonyl (C=O) groups excluding carboxylic acids is 1. The lowest BCUT2D eigenvalue weighted by Gasteiger charge is -2.23. The summed E-state index contributed by atoms with van der Waals surface area (Å²) in [6.07, 6.45) is 2.94. The van der Waals surface area contributed by atoms with Crippen molar-refractivity contribution >= 4 is 5.78 Å². The van der Waals surface area contributed by atoms with Gasteiger partial charge in [0, 0.05) is 11.5 Å². The summed E-state index contributed by atoms with van der Waals surface area (Å²) in [6.45, 7) is 1.98. The van der Waals surface area contributed by atoms with Gasteiger partial charge in [-0.1, -0.05) is 37.3 Å². The van der Waals surface area contributed by atoms with E-state index in [1.54, 1.807) is 4.68 Å². The molecule has 3 rings (SSSR count). The van der Waals surface area contributed by atoms with Gasteiger partial charge >= 0.3 is 0 Å². The van der Waals surface area contributed by atoms with Crippen LogP contribution in [0.25, 0.3) is 0 Å². The molecule has 0 aliphatic heterocycles. The second kappa shape index (κ2) is 6.52. The van der Waals surface area contributed by atoms with Crippen LogP contribution in [-0.4, -0.2) is 20.5 Å². The molecule has 2 unspecified atom stereocenters. The molecule has 116 valence electrons. The van der Waals surface area contributed by atoms with Gasteiger partial charge in [-0.2, -0.15) is 5.10 Å². The lowest BCUT2D eigenvalue weighted by atomic mass is 9.88. The molecule has 2 aromatic carbocycles. The van der Waals surface area contributed by atoms with Crippen molar-refractivity contribution in [1.82, 2.24) is 14.8 Å². The van der Waals surface area contributed by atoms with Gasteiger partial charge in [0.15, 0.2) is 5.78 Å². The van der Waals surface area contributed by atoms with Gasteiger partial charge < -0.3 is 0 Å². The van der Waals surface area contributed by atoms with E-state index in [2.05, 4.69) is 10.1 Å². The maximum absolute atomic E-state index is 13.1. The van der Waals surface area contributed by atoms with Gasteiger partial charge in [-0.25, -0.2) is 14.1 Å². The molecular weight excluding hydrogens is 293 g/mol. The van der Waals surface area contributed by atoms with Crippen molar-refractivity contribution in [2.24, 2.45) is 0 Å². The number of hydrogen-bond acceptors (Lipinski definition) is 3. The second-order valence-corrected chi connectivity index (χ2v) is 5.39. The van der Waals surface area contributed by atoms with Crippen LogP contribution in [0.3, 0.4) is 0 Å². The molecule has 0 amide bonds. The molecular formula is C18H16FN3O. The van der Waals surface area contributed by atoms with Gasteiger partial charge in [0.1, 0.15) is 24.5 Å². The van der Waals surface area contributed by atoms with Crippen LogP contribution in [-0.2, 0) is 0 Å². The zero-order chi connectivity index (χ0) is 16.2. The van der Waals surface area contributed by atoms with Crippen LogP contribution in [0.4, 0.5) is 4.39 Å². The Kier molecular flexibility index (Phi) is 4.28. The summed E-state index contributed by atoms with van der Waals surface area (Å²) < 4.78 is 14.7. The van der Waals surface area contributed by atoms with E-state index in [1.807, 2.05) is 37.3 Å². The quantitative estimate of drug-likeness (QED) is 0.676. The smallest absolute Gasteiger partial charge is 0.188 e. The Balaban J connectivity index is 1.99. The second-order valence-electron chi connectivity index (χ2n) is 5.39. The maximum atomic E-state index is 13.1. The molecule has 23 heavy (non-hydrogen) atoms. The molecule has 2 atom stereocenters. The van der Waals surface area contributed by atoms with Crippen molar-refractivity contribution in [3.8, 4) is 0 Å². The Morgan fingerprint density at radius 1 is 1.09 bits per heavy atom. The number of nitrogens with zero attached hydrogens (tertiary/aromatic N) is 3. The third kappa shape index (κ3) is 3.18. The highest BCUT2D eigenvalue weighted by Crippen LogP contribution is 2.30. The van der Waals surface area contributed by atoms with E-state index < -0.39 is 6.04 Å². The van der Waals surface area contributed by atoms with E-state index in [-0.39, 0.29) is 17.5 Å². The minimum atomic E-state index is -0.537. The van der Waals surface area contributed by atoms with Crippen molar-refractivity contribution in [2.45, 2.75) is 18.9 Å². The minimum Gasteiger partial charge on any atom is -0.292 e. The maximum Gasteiger partial charge on any atom is 0.188 e. The fraction of sp³-hybridized carbons (Fsp3) is 0.167. The number of halogens is 1. The number of aromatic nitrogens is 3. The Morgan fingerprint density at radius 3 is 2.39 bits per heavy atom. The lowest BCUT2D eigenvalue weighted by Crippen LogP contribution is -2.25. The average Bonchev–Trinajstić information content (AvgIpc) is 3.10. The minimum absolute atomic E-state index is 0.101. The van der Waals surface area contributed by atoms with Gasteiger partial charge in [0.2, 0.25) is 0 Å². The van der Waals surface area contributed by atoms with E-state index in [9.17, 15) is 9.18 Å². The average molecular weight is 309 g/mol. The Bertz CT molecular complexity index is 770. The summed E-state index contributed by atoms with van der Waals surface area (Å²) in [7, 11) is 0. The number of benzene rings is 2. The summed E-state index contributed by atoms with van der Waals surface area (Å²) in [6, 6.07) is 14.8. The predicted molar refractivity (Wildman–Crippen MR) is 84.6 cm³/mol. The van der Waals surface area contributed by atoms with Crippen LogP contribution in [0.15, 0.2) is 67.3 Å². The summed E-state index contributed by atoms with van der Waals surface area (Å²) >= 11 is 0. The standard InChI is InChI=1S/C18H16FN3O/c1-13(14-5-3-2-4-6-14)17(22-12-20-11-21-22)18(23)15-7-9-16(19)10-8-15/h2-13,17H,1H3. The van der Waals surface area contributed by atoms with Crippen LogP contribution in [0, 0.1) is 5.82 Å². The molecule has 0 N–H and O–H groups in total. The largest absolute Gasteiger partial charge is 0.292 e. The van der Waals surface area contributed by atoms with Gasteiger partial charge in [0.25, 0.3) is 0 Å². The first-order valence-corrected chi connectivity index (χ1v) is 7.35. The molecule has 0 saturated heterocycles. The first-order chi connectivity index (χ1) is 11.2. The zero-order valence-electron chi connectivity index (χ0n) is 12.6. The topological polar surface area (TPSA) is 47.8 Å². The molecule has 0 saturated carbocycles. The first-order valence-electron chi connectivity index (χ1n) is 7.35. The first kappa shape index (κ1) is 15.1. The van der Waals surface area contributed by atoms with Crippen molar-refractivity contribution in [2.75, 3.05) is 0 Å². The molecule has 0 fully saturated rings. The molecule has 4 nitrogen and oxygen atoms in total. The third-order valence-corrected chi connectivity index (χ3v) is 3.92. The highest BCUT2D eigenvalue weighted by atomic mass is 19.1. The summed E-state index contributed by atoms with van der Waals surface area (Å²) in [5.41, 5.74) is 1.48. The zero-order valence-corrected chi connectivity index (χ0v) is 12.6. The van der Waals surface area contributed by atoms with Crippen LogP contribution in [0.5, 0.6) is 0 Å². The molecule has 0 bridgehead atoms. The summed E-state index contributed by atoms with van der Waals surface area (Å²) in [5.74, 6) is -0.586. The van der Waals surface area contributed by atoms with Crippen molar-refractivity contribution in [3.63, 3.8) is 0 Å². The van der Waals surface area contributed by atoms with Crippen LogP contribution >= 0.6 is 0 Å². The van der Waals surface area contributed by atoms with E-state index >= 15 is 0 Å². The lowest BCUT2D eigenvalue weighted by molar-refractivity contribution is 0.0900. The fourth-order valence-electron chi connectivity index (χ4n) is 2.66. The third-order valence-electron chi connectivity index (χ3n) is 3.92. The normalized spacial score (nSPS) is 13.5. The SMILES string of the molecule is CC(c1ccccc1)C(C(=O)c1ccc(F)cc1)n1cncn1. The van der Waals surface area contributed by atoms with E-state index in [1.165, 1.54) is 36.9 Å². The van der Waals surface area contributed by atoms with Crippen LogP contribution in [0.2, 0.25) is 0 Å². The van der Waals surface area contributed by atoms with E-state index in [4.69, 9.17) is 0 Å². The Hall–Kier alpha value is -2.82. The van der Waals surface area contributed by atoms with Crippen molar-refractivity contribution in [3.05, 3.63) is 84.2 Å². The highest BCUT2D eigenvalue weighted by Gasteiger charge is 2.29. The summed E-state index contributed by atoms with van der Waals surface area (Å²) in [5, 5.41) is 4.14. The van der Waals surface area contributed by atoms with Crippen molar-refractivity contribution < 1.29 is 9.18 Å². The predicted octanol–water partition coefficient (Wildman–Crippen LogP) is 3.64. The number of carbonyl (C=O) groups is 1. The summed E-state index contributed by atoms with van der Waals surface area (Å²) in [4.78, 5) is 16.9. The molecule has 3 aromatic rings. The van der Waals surface area contributed by atoms with Crippen molar-refractivity contribution in [1.29, 1.82) is 0 Å². The number of hydrogen-bond donors (Lipinski definition) is 0. The van der Waals surface area contributed by atoms with Gasteiger partial charge in [-0.15, -0.1) is 0 Å².